The fourth-order valence-corrected chi connectivity index (χ4v) is 1.77. The Labute approximate surface area is 114 Å². The Bertz CT molecular complexity index is 635. The van der Waals surface area contributed by atoms with Crippen LogP contribution in [-0.4, -0.2) is 16.0 Å². The van der Waals surface area contributed by atoms with Gasteiger partial charge in [-0.25, -0.2) is 4.79 Å². The number of hydrogen-bond acceptors (Lipinski definition) is 5. The first-order valence-corrected chi connectivity index (χ1v) is 5.81. The lowest BCUT2D eigenvalue weighted by molar-refractivity contribution is -0.384. The zero-order chi connectivity index (χ0) is 14.5. The summed E-state index contributed by atoms with van der Waals surface area (Å²) < 4.78 is 5.07. The molecule has 0 amide bonds. The Morgan fingerprint density at radius 1 is 1.35 bits per heavy atom. The number of aromatic carboxylic acids is 1. The van der Waals surface area contributed by atoms with Crippen LogP contribution in [0.15, 0.2) is 41.0 Å². The lowest BCUT2D eigenvalue weighted by Crippen LogP contribution is -2.14. The monoisotopic (exact) mass is 276 g/mol. The number of rotatable bonds is 6. The lowest BCUT2D eigenvalue weighted by Gasteiger charge is -2.04. The van der Waals surface area contributed by atoms with Crippen molar-refractivity contribution in [2.45, 2.75) is 13.1 Å². The van der Waals surface area contributed by atoms with Gasteiger partial charge in [0.1, 0.15) is 11.3 Å². The second-order valence-electron chi connectivity index (χ2n) is 4.09. The molecule has 0 atom stereocenters. The number of furan rings is 1. The average Bonchev–Trinajstić information content (AvgIpc) is 2.87. The van der Waals surface area contributed by atoms with Gasteiger partial charge in [0.25, 0.3) is 5.69 Å². The normalized spacial score (nSPS) is 10.4. The number of nitro benzene ring substituents is 1. The van der Waals surface area contributed by atoms with Crippen molar-refractivity contribution in [2.75, 3.05) is 0 Å². The maximum absolute atomic E-state index is 10.9. The van der Waals surface area contributed by atoms with E-state index in [9.17, 15) is 14.9 Å². The van der Waals surface area contributed by atoms with E-state index >= 15 is 0 Å². The molecule has 104 valence electrons. The molecule has 0 radical (unpaired) electrons. The molecule has 2 aromatic rings. The maximum atomic E-state index is 10.9. The zero-order valence-electron chi connectivity index (χ0n) is 10.4. The van der Waals surface area contributed by atoms with Gasteiger partial charge in [-0.2, -0.15) is 0 Å². The topological polar surface area (TPSA) is 106 Å². The number of nitrogens with zero attached hydrogens (tertiary/aromatic N) is 1. The molecule has 0 saturated carbocycles. The summed E-state index contributed by atoms with van der Waals surface area (Å²) in [6, 6.07) is 7.61. The van der Waals surface area contributed by atoms with Crippen molar-refractivity contribution < 1.29 is 19.2 Å². The van der Waals surface area contributed by atoms with Crippen molar-refractivity contribution in [3.05, 3.63) is 63.6 Å². The summed E-state index contributed by atoms with van der Waals surface area (Å²) in [6.45, 7) is 0.610. The second-order valence-corrected chi connectivity index (χ2v) is 4.09. The van der Waals surface area contributed by atoms with Gasteiger partial charge < -0.3 is 14.8 Å². The molecule has 0 fully saturated rings. The van der Waals surface area contributed by atoms with E-state index in [1.807, 2.05) is 0 Å². The van der Waals surface area contributed by atoms with E-state index in [1.165, 1.54) is 24.5 Å². The number of carboxylic acid groups (broad SMARTS) is 1. The highest BCUT2D eigenvalue weighted by atomic mass is 16.6. The van der Waals surface area contributed by atoms with Crippen molar-refractivity contribution in [2.24, 2.45) is 0 Å². The van der Waals surface area contributed by atoms with Gasteiger partial charge in [0.15, 0.2) is 0 Å². The van der Waals surface area contributed by atoms with E-state index in [4.69, 9.17) is 9.52 Å². The van der Waals surface area contributed by atoms with Gasteiger partial charge in [-0.1, -0.05) is 12.1 Å². The molecule has 7 heteroatoms. The third kappa shape index (κ3) is 3.21. The van der Waals surface area contributed by atoms with Gasteiger partial charge in [0, 0.05) is 18.7 Å². The van der Waals surface area contributed by atoms with Crippen LogP contribution in [0.3, 0.4) is 0 Å². The zero-order valence-corrected chi connectivity index (χ0v) is 10.4. The van der Waals surface area contributed by atoms with Gasteiger partial charge in [-0.15, -0.1) is 0 Å². The van der Waals surface area contributed by atoms with Crippen LogP contribution in [0, 0.1) is 10.1 Å². The molecule has 1 aromatic carbocycles. The SMILES string of the molecule is O=C(O)c1ccoc1CNCc1cccc([N+](=O)[O-])c1. The van der Waals surface area contributed by atoms with E-state index in [-0.39, 0.29) is 17.8 Å². The molecule has 0 aliphatic rings. The largest absolute Gasteiger partial charge is 0.478 e. The Morgan fingerprint density at radius 3 is 2.85 bits per heavy atom. The van der Waals surface area contributed by atoms with Crippen LogP contribution in [0.5, 0.6) is 0 Å². The standard InChI is InChI=1S/C13H12N2O5/c16-13(17)11-4-5-20-12(11)8-14-7-9-2-1-3-10(6-9)15(18)19/h1-6,14H,7-8H2,(H,16,17). The highest BCUT2D eigenvalue weighted by molar-refractivity contribution is 5.88. The average molecular weight is 276 g/mol. The molecule has 7 nitrogen and oxygen atoms in total. The fourth-order valence-electron chi connectivity index (χ4n) is 1.77. The van der Waals surface area contributed by atoms with E-state index in [1.54, 1.807) is 12.1 Å². The van der Waals surface area contributed by atoms with Crippen LogP contribution in [-0.2, 0) is 13.1 Å². The maximum Gasteiger partial charge on any atom is 0.339 e. The Morgan fingerprint density at radius 2 is 2.15 bits per heavy atom. The molecule has 0 aliphatic carbocycles. The van der Waals surface area contributed by atoms with Gasteiger partial charge >= 0.3 is 5.97 Å². The number of hydrogen-bond donors (Lipinski definition) is 2. The number of nitrogens with one attached hydrogen (secondary N) is 1. The van der Waals surface area contributed by atoms with E-state index in [0.717, 1.165) is 5.56 Å². The number of carboxylic acids is 1. The van der Waals surface area contributed by atoms with Gasteiger partial charge in [0.2, 0.25) is 0 Å². The van der Waals surface area contributed by atoms with Crippen LogP contribution in [0.4, 0.5) is 5.69 Å². The summed E-state index contributed by atoms with van der Waals surface area (Å²) in [5.41, 5.74) is 0.868. The van der Waals surface area contributed by atoms with Gasteiger partial charge in [0.05, 0.1) is 17.7 Å². The molecule has 0 unspecified atom stereocenters. The Kier molecular flexibility index (Phi) is 4.11. The van der Waals surface area contributed by atoms with Crippen molar-refractivity contribution in [1.29, 1.82) is 0 Å². The summed E-state index contributed by atoms with van der Waals surface area (Å²) in [7, 11) is 0. The molecule has 2 rings (SSSR count). The number of carbonyl (C=O) groups is 1. The minimum atomic E-state index is -1.05. The summed E-state index contributed by atoms with van der Waals surface area (Å²) in [6.07, 6.45) is 1.31. The van der Waals surface area contributed by atoms with Crippen LogP contribution in [0.1, 0.15) is 21.7 Å². The molecular weight excluding hydrogens is 264 g/mol. The third-order valence-electron chi connectivity index (χ3n) is 2.71. The summed E-state index contributed by atoms with van der Waals surface area (Å²) >= 11 is 0. The van der Waals surface area contributed by atoms with Crippen LogP contribution >= 0.6 is 0 Å². The summed E-state index contributed by atoms with van der Waals surface area (Å²) in [5, 5.41) is 22.5. The summed E-state index contributed by atoms with van der Waals surface area (Å²) in [4.78, 5) is 21.1. The van der Waals surface area contributed by atoms with Crippen molar-refractivity contribution in [3.63, 3.8) is 0 Å². The van der Waals surface area contributed by atoms with E-state index in [2.05, 4.69) is 5.32 Å². The predicted octanol–water partition coefficient (Wildman–Crippen LogP) is 2.18. The van der Waals surface area contributed by atoms with Crippen molar-refractivity contribution in [1.82, 2.24) is 5.32 Å². The number of benzene rings is 1. The Hall–Kier alpha value is -2.67. The number of non-ortho nitro benzene ring substituents is 1. The van der Waals surface area contributed by atoms with Crippen LogP contribution < -0.4 is 5.32 Å². The van der Waals surface area contributed by atoms with Crippen LogP contribution in [0.2, 0.25) is 0 Å². The van der Waals surface area contributed by atoms with Crippen molar-refractivity contribution >= 4 is 11.7 Å². The molecular formula is C13H12N2O5. The van der Waals surface area contributed by atoms with Crippen LogP contribution in [0.25, 0.3) is 0 Å². The molecule has 20 heavy (non-hydrogen) atoms. The molecule has 2 N–H and O–H groups in total. The van der Waals surface area contributed by atoms with Gasteiger partial charge in [-0.3, -0.25) is 10.1 Å². The van der Waals surface area contributed by atoms with E-state index in [0.29, 0.717) is 12.3 Å². The molecule has 1 heterocycles. The molecule has 1 aromatic heterocycles. The molecule has 0 spiro atoms. The highest BCUT2D eigenvalue weighted by Gasteiger charge is 2.12. The summed E-state index contributed by atoms with van der Waals surface area (Å²) in [5.74, 6) is -0.728. The second kappa shape index (κ2) is 5.98. The first-order chi connectivity index (χ1) is 9.58. The smallest absolute Gasteiger partial charge is 0.339 e. The first-order valence-electron chi connectivity index (χ1n) is 5.81. The lowest BCUT2D eigenvalue weighted by atomic mass is 10.2. The minimum absolute atomic E-state index is 0.0218. The van der Waals surface area contributed by atoms with Gasteiger partial charge in [-0.05, 0) is 11.6 Å². The fraction of sp³-hybridized carbons (Fsp3) is 0.154. The predicted molar refractivity (Wildman–Crippen MR) is 69.3 cm³/mol. The molecule has 0 saturated heterocycles. The molecule has 0 aliphatic heterocycles. The quantitative estimate of drug-likeness (QED) is 0.618. The minimum Gasteiger partial charge on any atom is -0.478 e. The van der Waals surface area contributed by atoms with E-state index < -0.39 is 10.9 Å². The number of nitro groups is 1. The molecule has 0 bridgehead atoms. The Balaban J connectivity index is 1.96. The highest BCUT2D eigenvalue weighted by Crippen LogP contribution is 2.14. The van der Waals surface area contributed by atoms with Crippen molar-refractivity contribution in [3.8, 4) is 0 Å². The third-order valence-corrected chi connectivity index (χ3v) is 2.71. The first kappa shape index (κ1) is 13.8.